The first-order valence-electron chi connectivity index (χ1n) is 19.7. The van der Waals surface area contributed by atoms with Gasteiger partial charge in [-0.3, -0.25) is 23.5 Å². The molecular formula is C38H51N6O14P. The lowest BCUT2D eigenvalue weighted by molar-refractivity contribution is -0.199. The molecule has 1 aromatic carbocycles. The van der Waals surface area contributed by atoms with Crippen molar-refractivity contribution in [2.75, 3.05) is 76.8 Å². The van der Waals surface area contributed by atoms with Crippen LogP contribution in [0.3, 0.4) is 0 Å². The van der Waals surface area contributed by atoms with Gasteiger partial charge in [0.15, 0.2) is 5.82 Å². The second kappa shape index (κ2) is 21.5. The lowest BCUT2D eigenvalue weighted by Crippen LogP contribution is -2.56. The zero-order chi connectivity index (χ0) is 42.5. The summed E-state index contributed by atoms with van der Waals surface area (Å²) in [4.78, 5) is 91.6. The molecule has 0 spiro atoms. The van der Waals surface area contributed by atoms with Gasteiger partial charge in [-0.25, -0.2) is 24.4 Å². The molecule has 322 valence electrons. The highest BCUT2D eigenvalue weighted by Gasteiger charge is 2.60. The van der Waals surface area contributed by atoms with Gasteiger partial charge in [0.25, 0.3) is 5.91 Å². The fourth-order valence-corrected chi connectivity index (χ4v) is 7.76. The third-order valence-electron chi connectivity index (χ3n) is 9.74. The standard InChI is InChI=1S/C38H51N6O14P/c1-5-9-19-55-35(48)43-17-15-42(16-18-43)33(46)28(23-59(51)58-38(56-36(49)53-7-3)57-37(50)54-8-4)40-32(45)27-20-29(41-31(39-27)24-13-11-10-12-14-24)44-21-25-26(22-44)30(25)34(47)52-6-2/h10-14,20,25-26,28,30,38,59H,5-9,15-19,21-23H2,1-4H3,(H,40,45)/t25-,26+,28-,30+/m0/s1. The number of hydrogen-bond donors (Lipinski definition) is 1. The molecule has 21 heteroatoms. The van der Waals surface area contributed by atoms with Gasteiger partial charge in [0.05, 0.1) is 38.5 Å². The molecule has 1 saturated carbocycles. The van der Waals surface area contributed by atoms with E-state index < -0.39 is 56.9 Å². The fourth-order valence-electron chi connectivity index (χ4n) is 6.74. The Morgan fingerprint density at radius 2 is 1.42 bits per heavy atom. The van der Waals surface area contributed by atoms with Crippen molar-refractivity contribution in [3.05, 3.63) is 42.1 Å². The molecule has 3 aliphatic rings. The summed E-state index contributed by atoms with van der Waals surface area (Å²) in [5.41, 5.74) is 0.507. The predicted molar refractivity (Wildman–Crippen MR) is 207 cm³/mol. The number of carbonyl (C=O) groups is 6. The number of nitrogens with one attached hydrogen (secondary N) is 1. The van der Waals surface area contributed by atoms with Crippen molar-refractivity contribution in [2.45, 2.75) is 53.1 Å². The molecule has 2 saturated heterocycles. The highest BCUT2D eigenvalue weighted by atomic mass is 31.1. The van der Waals surface area contributed by atoms with Gasteiger partial charge in [-0.05, 0) is 39.0 Å². The van der Waals surface area contributed by atoms with Crippen molar-refractivity contribution in [1.82, 2.24) is 25.1 Å². The van der Waals surface area contributed by atoms with Crippen LogP contribution in [0.25, 0.3) is 11.4 Å². The van der Waals surface area contributed by atoms with E-state index in [1.807, 2.05) is 17.9 Å². The van der Waals surface area contributed by atoms with E-state index in [1.165, 1.54) is 29.7 Å². The molecule has 1 aliphatic carbocycles. The Hall–Kier alpha value is -5.49. The minimum atomic E-state index is -3.48. The number of aromatic nitrogens is 2. The monoisotopic (exact) mass is 846 g/mol. The van der Waals surface area contributed by atoms with Crippen LogP contribution < -0.4 is 10.2 Å². The number of fused-ring (bicyclic) bond motifs is 1. The molecule has 20 nitrogen and oxygen atoms in total. The first-order chi connectivity index (χ1) is 28.5. The Balaban J connectivity index is 1.37. The predicted octanol–water partition coefficient (Wildman–Crippen LogP) is 3.69. The van der Waals surface area contributed by atoms with Crippen LogP contribution in [0, 0.1) is 17.8 Å². The van der Waals surface area contributed by atoms with Gasteiger partial charge in [0, 0.05) is 50.9 Å². The van der Waals surface area contributed by atoms with Gasteiger partial charge in [0.2, 0.25) is 13.9 Å². The highest BCUT2D eigenvalue weighted by Crippen LogP contribution is 2.53. The normalized spacial score (nSPS) is 19.2. The number of benzene rings is 1. The maximum atomic E-state index is 14.2. The minimum absolute atomic E-state index is 0.0658. The van der Waals surface area contributed by atoms with Crippen LogP contribution in [-0.2, 0) is 47.1 Å². The number of rotatable bonds is 18. The SMILES string of the molecule is CCCCOC(=O)N1CCN(C(=O)[C@H](C[PH](=O)OC(OC(=O)OCC)OC(=O)OCC)NC(=O)c2cc(N3C[C@@H]4[C@H](C3)[C@H]4C(=O)OCC)nc(-c3ccccc3)n2)CC1. The lowest BCUT2D eigenvalue weighted by atomic mass is 10.2. The van der Waals surface area contributed by atoms with Gasteiger partial charge in [-0.15, -0.1) is 0 Å². The first kappa shape index (κ1) is 44.6. The van der Waals surface area contributed by atoms with Gasteiger partial charge >= 0.3 is 30.8 Å². The molecule has 0 bridgehead atoms. The molecule has 3 heterocycles. The van der Waals surface area contributed by atoms with E-state index >= 15 is 0 Å². The topological polar surface area (TPSA) is 232 Å². The van der Waals surface area contributed by atoms with Gasteiger partial charge in [-0.2, -0.15) is 0 Å². The molecule has 0 radical (unpaired) electrons. The number of esters is 1. The van der Waals surface area contributed by atoms with Crippen LogP contribution in [0.1, 0.15) is 51.0 Å². The zero-order valence-electron chi connectivity index (χ0n) is 33.5. The van der Waals surface area contributed by atoms with E-state index in [4.69, 9.17) is 37.9 Å². The van der Waals surface area contributed by atoms with Gasteiger partial charge < -0.3 is 48.4 Å². The lowest BCUT2D eigenvalue weighted by Gasteiger charge is -2.36. The van der Waals surface area contributed by atoms with Crippen molar-refractivity contribution in [3.63, 3.8) is 0 Å². The number of hydrogen-bond acceptors (Lipinski definition) is 17. The van der Waals surface area contributed by atoms with Crippen LogP contribution in [0.4, 0.5) is 20.2 Å². The van der Waals surface area contributed by atoms with Crippen LogP contribution in [0.15, 0.2) is 36.4 Å². The Morgan fingerprint density at radius 1 is 0.814 bits per heavy atom. The van der Waals surface area contributed by atoms with Crippen LogP contribution in [0.2, 0.25) is 0 Å². The number of piperidine rings is 1. The molecule has 1 N–H and O–H groups in total. The summed E-state index contributed by atoms with van der Waals surface area (Å²) in [7, 11) is -3.48. The van der Waals surface area contributed by atoms with Crippen LogP contribution in [0.5, 0.6) is 0 Å². The van der Waals surface area contributed by atoms with Crippen molar-refractivity contribution in [1.29, 1.82) is 0 Å². The molecule has 5 rings (SSSR count). The van der Waals surface area contributed by atoms with E-state index in [1.54, 1.807) is 31.2 Å². The maximum Gasteiger partial charge on any atom is 0.513 e. The Bertz CT molecular complexity index is 1800. The molecule has 3 amide bonds. The number of unbranched alkanes of at least 4 members (excludes halogenated alkanes) is 1. The minimum Gasteiger partial charge on any atom is -0.466 e. The van der Waals surface area contributed by atoms with Crippen molar-refractivity contribution in [3.8, 4) is 11.4 Å². The first-order valence-corrected chi connectivity index (χ1v) is 21.2. The second-order valence-corrected chi connectivity index (χ2v) is 15.1. The van der Waals surface area contributed by atoms with Gasteiger partial charge in [-0.1, -0.05) is 43.7 Å². The number of anilines is 1. The summed E-state index contributed by atoms with van der Waals surface area (Å²) in [5, 5.41) is 2.65. The Morgan fingerprint density at radius 3 is 2.02 bits per heavy atom. The number of piperazine rings is 1. The number of nitrogens with zero attached hydrogens (tertiary/aromatic N) is 5. The van der Waals surface area contributed by atoms with Crippen LogP contribution >= 0.6 is 8.03 Å². The summed E-state index contributed by atoms with van der Waals surface area (Å²) in [6, 6.07) is 8.93. The Labute approximate surface area is 342 Å². The number of ether oxygens (including phenoxy) is 6. The molecule has 1 aromatic heterocycles. The smallest absolute Gasteiger partial charge is 0.466 e. The van der Waals surface area contributed by atoms with Crippen molar-refractivity contribution >= 4 is 50.0 Å². The molecule has 59 heavy (non-hydrogen) atoms. The van der Waals surface area contributed by atoms with E-state index in [9.17, 15) is 33.3 Å². The van der Waals surface area contributed by atoms with E-state index in [0.717, 1.165) is 6.42 Å². The second-order valence-electron chi connectivity index (χ2n) is 13.7. The Kier molecular flexibility index (Phi) is 16.3. The molecule has 2 aliphatic heterocycles. The maximum absolute atomic E-state index is 14.2. The summed E-state index contributed by atoms with van der Waals surface area (Å²) in [6.07, 6.45) is -2.20. The number of amides is 3. The largest absolute Gasteiger partial charge is 0.513 e. The van der Waals surface area contributed by atoms with E-state index in [2.05, 4.69) is 10.3 Å². The fraction of sp³-hybridized carbons (Fsp3) is 0.579. The molecule has 1 unspecified atom stereocenters. The quantitative estimate of drug-likeness (QED) is 0.0741. The van der Waals surface area contributed by atoms with Crippen molar-refractivity contribution < 1.29 is 66.3 Å². The summed E-state index contributed by atoms with van der Waals surface area (Å²) in [5.74, 6) is -1.09. The third-order valence-corrected chi connectivity index (χ3v) is 10.9. The number of carbonyl (C=O) groups excluding carboxylic acids is 6. The highest BCUT2D eigenvalue weighted by molar-refractivity contribution is 7.39. The molecule has 2 aromatic rings. The van der Waals surface area contributed by atoms with Crippen LogP contribution in [-0.4, -0.2) is 140 Å². The van der Waals surface area contributed by atoms with Gasteiger partial charge in [0.1, 0.15) is 17.6 Å². The van der Waals surface area contributed by atoms with E-state index in [-0.39, 0.29) is 81.2 Å². The third kappa shape index (κ3) is 12.3. The summed E-state index contributed by atoms with van der Waals surface area (Å²) < 4.78 is 48.6. The average Bonchev–Trinajstić information content (AvgIpc) is 3.73. The summed E-state index contributed by atoms with van der Waals surface area (Å²) >= 11 is 0. The molecule has 5 atom stereocenters. The molecule has 3 fully saturated rings. The summed E-state index contributed by atoms with van der Waals surface area (Å²) in [6.45, 7) is 6.31. The zero-order valence-corrected chi connectivity index (χ0v) is 34.5. The molecular weight excluding hydrogens is 795 g/mol. The average molecular weight is 847 g/mol. The van der Waals surface area contributed by atoms with E-state index in [0.29, 0.717) is 37.5 Å². The van der Waals surface area contributed by atoms with Crippen molar-refractivity contribution in [2.24, 2.45) is 17.8 Å².